The van der Waals surface area contributed by atoms with Gasteiger partial charge in [-0.1, -0.05) is 11.6 Å². The largest absolute Gasteiger partial charge is 0.352 e. The van der Waals surface area contributed by atoms with Crippen LogP contribution >= 0.6 is 23.8 Å². The third-order valence-electron chi connectivity index (χ3n) is 3.67. The first-order valence-corrected chi connectivity index (χ1v) is 9.08. The molecule has 0 bridgehead atoms. The minimum atomic E-state index is -0.209. The monoisotopic (exact) mass is 395 g/mol. The van der Waals surface area contributed by atoms with Crippen LogP contribution in [0.2, 0.25) is 5.02 Å². The van der Waals surface area contributed by atoms with Crippen molar-refractivity contribution in [1.29, 1.82) is 0 Å². The average molecular weight is 396 g/mol. The van der Waals surface area contributed by atoms with Crippen molar-refractivity contribution < 1.29 is 9.59 Å². The van der Waals surface area contributed by atoms with Crippen molar-refractivity contribution in [2.24, 2.45) is 0 Å². The Hall–Kier alpha value is -2.19. The first-order chi connectivity index (χ1) is 12.3. The zero-order valence-corrected chi connectivity index (χ0v) is 16.5. The van der Waals surface area contributed by atoms with Gasteiger partial charge in [-0.25, -0.2) is 0 Å². The van der Waals surface area contributed by atoms with E-state index >= 15 is 0 Å². The second kappa shape index (κ2) is 8.95. The molecule has 0 aliphatic carbocycles. The predicted octanol–water partition coefficient (Wildman–Crippen LogP) is 2.63. The zero-order valence-electron chi connectivity index (χ0n) is 15.0. The number of nitrogens with zero attached hydrogens (tertiary/aromatic N) is 3. The van der Waals surface area contributed by atoms with E-state index in [0.29, 0.717) is 22.2 Å². The van der Waals surface area contributed by atoms with E-state index in [-0.39, 0.29) is 30.9 Å². The van der Waals surface area contributed by atoms with E-state index in [4.69, 9.17) is 23.8 Å². The van der Waals surface area contributed by atoms with E-state index < -0.39 is 0 Å². The standard InChI is InChI=1S/C17H22ClN5O2S/c1-4-22(9-14(24)19-11(2)3)15(25)10-23-16(20-21-17(23)26)12-5-7-13(18)8-6-12/h5-8,11H,4,9-10H2,1-3H3,(H,19,24)(H,21,26). The molecule has 1 heterocycles. The summed E-state index contributed by atoms with van der Waals surface area (Å²) in [6.07, 6.45) is 0. The number of rotatable bonds is 7. The highest BCUT2D eigenvalue weighted by Crippen LogP contribution is 2.20. The van der Waals surface area contributed by atoms with Crippen molar-refractivity contribution in [2.75, 3.05) is 13.1 Å². The van der Waals surface area contributed by atoms with Gasteiger partial charge in [-0.3, -0.25) is 19.3 Å². The highest BCUT2D eigenvalue weighted by atomic mass is 35.5. The van der Waals surface area contributed by atoms with Crippen LogP contribution in [0.4, 0.5) is 0 Å². The lowest BCUT2D eigenvalue weighted by atomic mass is 10.2. The van der Waals surface area contributed by atoms with Gasteiger partial charge in [0.25, 0.3) is 0 Å². The number of carbonyl (C=O) groups is 2. The van der Waals surface area contributed by atoms with Crippen molar-refractivity contribution in [3.63, 3.8) is 0 Å². The van der Waals surface area contributed by atoms with Gasteiger partial charge in [0.05, 0.1) is 6.54 Å². The molecule has 7 nitrogen and oxygen atoms in total. The van der Waals surface area contributed by atoms with Gasteiger partial charge in [0, 0.05) is 23.2 Å². The normalized spacial score (nSPS) is 10.8. The fourth-order valence-electron chi connectivity index (χ4n) is 2.44. The molecule has 1 aromatic heterocycles. The maximum atomic E-state index is 12.7. The van der Waals surface area contributed by atoms with Gasteiger partial charge >= 0.3 is 0 Å². The molecule has 2 rings (SSSR count). The van der Waals surface area contributed by atoms with Crippen molar-refractivity contribution >= 4 is 35.6 Å². The number of amides is 2. The van der Waals surface area contributed by atoms with Gasteiger partial charge in [0.2, 0.25) is 11.8 Å². The maximum Gasteiger partial charge on any atom is 0.243 e. The zero-order chi connectivity index (χ0) is 19.3. The molecule has 0 fully saturated rings. The van der Waals surface area contributed by atoms with Crippen molar-refractivity contribution in [3.8, 4) is 11.4 Å². The van der Waals surface area contributed by atoms with Gasteiger partial charge in [-0.15, -0.1) is 0 Å². The van der Waals surface area contributed by atoms with Crippen LogP contribution in [0.1, 0.15) is 20.8 Å². The summed E-state index contributed by atoms with van der Waals surface area (Å²) in [6.45, 7) is 6.00. The summed E-state index contributed by atoms with van der Waals surface area (Å²) in [7, 11) is 0. The van der Waals surface area contributed by atoms with Crippen LogP contribution in [0.25, 0.3) is 11.4 Å². The SMILES string of the molecule is CCN(CC(=O)NC(C)C)C(=O)Cn1c(-c2ccc(Cl)cc2)n[nH]c1=S. The molecule has 0 spiro atoms. The maximum absolute atomic E-state index is 12.7. The summed E-state index contributed by atoms with van der Waals surface area (Å²) >= 11 is 11.2. The molecule has 0 aliphatic rings. The molecule has 26 heavy (non-hydrogen) atoms. The number of halogens is 1. The van der Waals surface area contributed by atoms with Crippen LogP contribution in [0.15, 0.2) is 24.3 Å². The Morgan fingerprint density at radius 1 is 1.35 bits per heavy atom. The van der Waals surface area contributed by atoms with Gasteiger partial charge < -0.3 is 10.2 Å². The molecule has 0 atom stereocenters. The average Bonchev–Trinajstić information content (AvgIpc) is 2.93. The topological polar surface area (TPSA) is 83.0 Å². The van der Waals surface area contributed by atoms with Gasteiger partial charge in [0.1, 0.15) is 6.54 Å². The van der Waals surface area contributed by atoms with Crippen LogP contribution in [-0.2, 0) is 16.1 Å². The number of H-pyrrole nitrogens is 1. The summed E-state index contributed by atoms with van der Waals surface area (Å²) in [5, 5.41) is 10.3. The molecule has 1 aromatic carbocycles. The van der Waals surface area contributed by atoms with E-state index in [1.54, 1.807) is 16.7 Å². The molecule has 2 aromatic rings. The Labute approximate surface area is 162 Å². The minimum Gasteiger partial charge on any atom is -0.352 e. The Balaban J connectivity index is 2.18. The molecule has 0 unspecified atom stereocenters. The number of benzene rings is 1. The Bertz CT molecular complexity index is 828. The summed E-state index contributed by atoms with van der Waals surface area (Å²) < 4.78 is 1.95. The number of hydrogen-bond donors (Lipinski definition) is 2. The third-order valence-corrected chi connectivity index (χ3v) is 4.24. The molecular formula is C17H22ClN5O2S. The first-order valence-electron chi connectivity index (χ1n) is 8.30. The van der Waals surface area contributed by atoms with Crippen molar-refractivity contribution in [3.05, 3.63) is 34.1 Å². The van der Waals surface area contributed by atoms with Gasteiger partial charge in [-0.2, -0.15) is 5.10 Å². The van der Waals surface area contributed by atoms with E-state index in [1.165, 1.54) is 4.90 Å². The molecule has 2 amide bonds. The van der Waals surface area contributed by atoms with Crippen LogP contribution in [0, 0.1) is 4.77 Å². The second-order valence-electron chi connectivity index (χ2n) is 6.08. The number of aromatic amines is 1. The van der Waals surface area contributed by atoms with E-state index in [2.05, 4.69) is 15.5 Å². The molecule has 0 saturated heterocycles. The number of nitrogens with one attached hydrogen (secondary N) is 2. The molecule has 2 N–H and O–H groups in total. The molecule has 0 saturated carbocycles. The number of aromatic nitrogens is 3. The van der Waals surface area contributed by atoms with Crippen LogP contribution in [0.5, 0.6) is 0 Å². The molecule has 0 aliphatic heterocycles. The molecular weight excluding hydrogens is 374 g/mol. The number of likely N-dealkylation sites (N-methyl/N-ethyl adjacent to an activating group) is 1. The smallest absolute Gasteiger partial charge is 0.243 e. The van der Waals surface area contributed by atoms with Crippen molar-refractivity contribution in [2.45, 2.75) is 33.4 Å². The lowest BCUT2D eigenvalue weighted by molar-refractivity contribution is -0.136. The number of carbonyl (C=O) groups excluding carboxylic acids is 2. The summed E-state index contributed by atoms with van der Waals surface area (Å²) in [6, 6.07) is 7.13. The lowest BCUT2D eigenvalue weighted by Crippen LogP contribution is -2.43. The first kappa shape index (κ1) is 20.1. The fraction of sp³-hybridized carbons (Fsp3) is 0.412. The molecule has 140 valence electrons. The van der Waals surface area contributed by atoms with E-state index in [1.807, 2.05) is 32.9 Å². The van der Waals surface area contributed by atoms with Gasteiger partial charge in [0.15, 0.2) is 10.6 Å². The van der Waals surface area contributed by atoms with E-state index in [9.17, 15) is 9.59 Å². The van der Waals surface area contributed by atoms with Crippen molar-refractivity contribution in [1.82, 2.24) is 25.0 Å². The quantitative estimate of drug-likeness (QED) is 0.706. The van der Waals surface area contributed by atoms with Crippen LogP contribution in [-0.4, -0.2) is 50.6 Å². The highest BCUT2D eigenvalue weighted by molar-refractivity contribution is 7.71. The highest BCUT2D eigenvalue weighted by Gasteiger charge is 2.19. The Morgan fingerprint density at radius 2 is 2.00 bits per heavy atom. The second-order valence-corrected chi connectivity index (χ2v) is 6.90. The molecule has 0 radical (unpaired) electrons. The summed E-state index contributed by atoms with van der Waals surface area (Å²) in [5.41, 5.74) is 0.787. The number of hydrogen-bond acceptors (Lipinski definition) is 4. The molecule has 9 heteroatoms. The third kappa shape index (κ3) is 5.15. The van der Waals surface area contributed by atoms with Crippen LogP contribution < -0.4 is 5.32 Å². The summed E-state index contributed by atoms with van der Waals surface area (Å²) in [5.74, 6) is 0.144. The van der Waals surface area contributed by atoms with Gasteiger partial charge in [-0.05, 0) is 57.3 Å². The Morgan fingerprint density at radius 3 is 2.58 bits per heavy atom. The lowest BCUT2D eigenvalue weighted by Gasteiger charge is -2.21. The summed E-state index contributed by atoms with van der Waals surface area (Å²) in [4.78, 5) is 26.1. The Kier molecular flexibility index (Phi) is 6.93. The van der Waals surface area contributed by atoms with Crippen LogP contribution in [0.3, 0.4) is 0 Å². The van der Waals surface area contributed by atoms with E-state index in [0.717, 1.165) is 5.56 Å². The predicted molar refractivity (Wildman–Crippen MR) is 103 cm³/mol. The minimum absolute atomic E-state index is 0.00388. The fourth-order valence-corrected chi connectivity index (χ4v) is 2.76.